The monoisotopic (exact) mass is 388 g/mol. The topological polar surface area (TPSA) is 68.3 Å². The average Bonchev–Trinajstić information content (AvgIpc) is 3.17. The summed E-state index contributed by atoms with van der Waals surface area (Å²) in [5.41, 5.74) is 1.99. The molecule has 5 rings (SSSR count). The van der Waals surface area contributed by atoms with Crippen LogP contribution in [0.3, 0.4) is 0 Å². The molecule has 0 unspecified atom stereocenters. The van der Waals surface area contributed by atoms with Crippen LogP contribution < -0.4 is 0 Å². The Hall–Kier alpha value is -3.05. The van der Waals surface area contributed by atoms with Crippen molar-refractivity contribution >= 4 is 21.4 Å². The first-order chi connectivity index (χ1) is 13.5. The molecule has 3 aromatic rings. The van der Waals surface area contributed by atoms with E-state index in [1.54, 1.807) is 18.2 Å². The second kappa shape index (κ2) is 5.72. The summed E-state index contributed by atoms with van der Waals surface area (Å²) in [6, 6.07) is 22.8. The van der Waals surface area contributed by atoms with Gasteiger partial charge in [-0.15, -0.1) is 0 Å². The molecule has 1 saturated carbocycles. The van der Waals surface area contributed by atoms with Crippen LogP contribution in [0.1, 0.15) is 17.5 Å². The molecule has 0 amide bonds. The van der Waals surface area contributed by atoms with Crippen LogP contribution in [0.2, 0.25) is 0 Å². The number of benzene rings is 3. The molecule has 0 aromatic heterocycles. The summed E-state index contributed by atoms with van der Waals surface area (Å²) in [6.45, 7) is 0. The van der Waals surface area contributed by atoms with Crippen molar-refractivity contribution in [2.24, 2.45) is 0 Å². The van der Waals surface area contributed by atoms with Crippen LogP contribution in [-0.2, 0) is 24.8 Å². The highest BCUT2D eigenvalue weighted by Gasteiger charge is 2.61. The second-order valence-corrected chi connectivity index (χ2v) is 9.37. The van der Waals surface area contributed by atoms with Crippen molar-refractivity contribution in [1.29, 1.82) is 0 Å². The molecule has 1 fully saturated rings. The number of carbonyl (C=O) groups is 2. The molecule has 0 saturated heterocycles. The van der Waals surface area contributed by atoms with Gasteiger partial charge in [0.25, 0.3) is 0 Å². The first kappa shape index (κ1) is 17.1. The summed E-state index contributed by atoms with van der Waals surface area (Å²) in [5.74, 6) is -1.45. The Labute approximate surface area is 162 Å². The lowest BCUT2D eigenvalue weighted by Gasteiger charge is -2.24. The number of Topliss-reactive ketones (excluding diaryl/α,β-unsaturated/α-hetero) is 2. The Morgan fingerprint density at radius 2 is 1.21 bits per heavy atom. The van der Waals surface area contributed by atoms with E-state index in [9.17, 15) is 18.0 Å². The van der Waals surface area contributed by atoms with Crippen LogP contribution in [0.4, 0.5) is 0 Å². The van der Waals surface area contributed by atoms with Gasteiger partial charge in [0, 0.05) is 0 Å². The molecular weight excluding hydrogens is 372 g/mol. The largest absolute Gasteiger partial charge is 0.289 e. The molecule has 1 atom stereocenters. The van der Waals surface area contributed by atoms with Crippen LogP contribution in [-0.4, -0.2) is 25.2 Å². The van der Waals surface area contributed by atoms with Crippen LogP contribution in [0.15, 0.2) is 83.8 Å². The van der Waals surface area contributed by atoms with Gasteiger partial charge in [0.05, 0.1) is 10.3 Å². The zero-order valence-corrected chi connectivity index (χ0v) is 15.6. The molecule has 0 bridgehead atoms. The molecular formula is C23H16O4S. The molecule has 2 aliphatic rings. The van der Waals surface area contributed by atoms with E-state index in [-0.39, 0.29) is 11.3 Å². The van der Waals surface area contributed by atoms with Gasteiger partial charge in [-0.2, -0.15) is 0 Å². The number of sulfone groups is 1. The molecule has 0 N–H and O–H groups in total. The number of rotatable bonds is 2. The van der Waals surface area contributed by atoms with Crippen molar-refractivity contribution in [2.45, 2.75) is 22.0 Å². The van der Waals surface area contributed by atoms with E-state index in [1.807, 2.05) is 48.5 Å². The van der Waals surface area contributed by atoms with Gasteiger partial charge in [-0.25, -0.2) is 8.42 Å². The Morgan fingerprint density at radius 1 is 0.714 bits per heavy atom. The number of hydrogen-bond acceptors (Lipinski definition) is 4. The summed E-state index contributed by atoms with van der Waals surface area (Å²) in [7, 11) is -3.96. The summed E-state index contributed by atoms with van der Waals surface area (Å²) in [6.07, 6.45) is -0.0596. The summed E-state index contributed by atoms with van der Waals surface area (Å²) >= 11 is 0. The molecule has 0 heterocycles. The van der Waals surface area contributed by atoms with E-state index < -0.39 is 32.1 Å². The molecule has 1 spiro atoms. The predicted molar refractivity (Wildman–Crippen MR) is 105 cm³/mol. The van der Waals surface area contributed by atoms with Gasteiger partial charge in [-0.1, -0.05) is 66.7 Å². The fourth-order valence-electron chi connectivity index (χ4n) is 4.63. The van der Waals surface area contributed by atoms with E-state index in [0.717, 1.165) is 22.3 Å². The Balaban J connectivity index is 1.73. The molecule has 4 nitrogen and oxygen atoms in total. The molecule has 28 heavy (non-hydrogen) atoms. The number of ketones is 2. The highest BCUT2D eigenvalue weighted by atomic mass is 32.2. The third kappa shape index (κ3) is 2.02. The van der Waals surface area contributed by atoms with Crippen molar-refractivity contribution in [3.63, 3.8) is 0 Å². The van der Waals surface area contributed by atoms with Crippen LogP contribution in [0, 0.1) is 0 Å². The maximum Gasteiger partial charge on any atom is 0.218 e. The van der Waals surface area contributed by atoms with E-state index in [0.29, 0.717) is 0 Å². The lowest BCUT2D eigenvalue weighted by Crippen LogP contribution is -2.32. The third-order valence-corrected chi connectivity index (χ3v) is 7.96. The maximum atomic E-state index is 13.3. The molecule has 2 aliphatic carbocycles. The van der Waals surface area contributed by atoms with Crippen LogP contribution >= 0.6 is 0 Å². The summed E-state index contributed by atoms with van der Waals surface area (Å²) in [5, 5.41) is -1.37. The quantitative estimate of drug-likeness (QED) is 0.632. The van der Waals surface area contributed by atoms with Gasteiger partial charge in [0.2, 0.25) is 11.6 Å². The smallest absolute Gasteiger partial charge is 0.218 e. The minimum atomic E-state index is -3.96. The van der Waals surface area contributed by atoms with Gasteiger partial charge < -0.3 is 0 Å². The SMILES string of the molecule is O=C1C(=O)C2(C[C@H]1S(=O)(=O)c1ccccc1)c1ccccc1-c1ccccc12. The second-order valence-electron chi connectivity index (χ2n) is 7.24. The molecule has 138 valence electrons. The van der Waals surface area contributed by atoms with E-state index in [2.05, 4.69) is 0 Å². The zero-order chi connectivity index (χ0) is 19.5. The number of carbonyl (C=O) groups excluding carboxylic acids is 2. The number of hydrogen-bond donors (Lipinski definition) is 0. The van der Waals surface area contributed by atoms with Gasteiger partial charge in [0.15, 0.2) is 9.84 Å². The predicted octanol–water partition coefficient (Wildman–Crippen LogP) is 3.34. The average molecular weight is 388 g/mol. The van der Waals surface area contributed by atoms with Gasteiger partial charge in [-0.05, 0) is 40.8 Å². The maximum absolute atomic E-state index is 13.3. The van der Waals surface area contributed by atoms with Gasteiger partial charge in [0.1, 0.15) is 5.25 Å². The molecule has 5 heteroatoms. The Morgan fingerprint density at radius 3 is 1.79 bits per heavy atom. The minimum Gasteiger partial charge on any atom is -0.289 e. The van der Waals surface area contributed by atoms with Gasteiger partial charge >= 0.3 is 0 Å². The lowest BCUT2D eigenvalue weighted by atomic mass is 9.76. The van der Waals surface area contributed by atoms with Crippen molar-refractivity contribution in [2.75, 3.05) is 0 Å². The molecule has 0 aliphatic heterocycles. The Kier molecular flexibility index (Phi) is 3.49. The van der Waals surface area contributed by atoms with Crippen molar-refractivity contribution in [1.82, 2.24) is 0 Å². The standard InChI is InChI=1S/C23H16O4S/c24-21-20(28(26,27)15-8-2-1-3-9-15)14-23(22(21)25)18-12-6-4-10-16(18)17-11-5-7-13-19(17)23/h1-13,20H,14H2/t20-/m1/s1. The fourth-order valence-corrected chi connectivity index (χ4v) is 6.36. The molecule has 3 aromatic carbocycles. The lowest BCUT2D eigenvalue weighted by molar-refractivity contribution is -0.135. The number of fused-ring (bicyclic) bond motifs is 5. The van der Waals surface area contributed by atoms with E-state index >= 15 is 0 Å². The zero-order valence-electron chi connectivity index (χ0n) is 14.8. The Bertz CT molecular complexity index is 1200. The van der Waals surface area contributed by atoms with Crippen molar-refractivity contribution in [3.8, 4) is 11.1 Å². The van der Waals surface area contributed by atoms with Crippen LogP contribution in [0.25, 0.3) is 11.1 Å². The summed E-state index contributed by atoms with van der Waals surface area (Å²) < 4.78 is 26.4. The van der Waals surface area contributed by atoms with Crippen molar-refractivity contribution < 1.29 is 18.0 Å². The highest BCUT2D eigenvalue weighted by molar-refractivity contribution is 7.93. The van der Waals surface area contributed by atoms with E-state index in [1.165, 1.54) is 12.1 Å². The third-order valence-electron chi connectivity index (χ3n) is 5.91. The summed E-state index contributed by atoms with van der Waals surface area (Å²) in [4.78, 5) is 26.4. The fraction of sp³-hybridized carbons (Fsp3) is 0.130. The van der Waals surface area contributed by atoms with Crippen LogP contribution in [0.5, 0.6) is 0 Å². The first-order valence-corrected chi connectivity index (χ1v) is 10.6. The first-order valence-electron chi connectivity index (χ1n) is 9.05. The van der Waals surface area contributed by atoms with Crippen molar-refractivity contribution in [3.05, 3.63) is 90.0 Å². The molecule has 0 radical (unpaired) electrons. The van der Waals surface area contributed by atoms with Gasteiger partial charge in [-0.3, -0.25) is 9.59 Å². The van der Waals surface area contributed by atoms with E-state index in [4.69, 9.17) is 0 Å². The normalized spacial score (nSPS) is 19.6. The highest BCUT2D eigenvalue weighted by Crippen LogP contribution is 2.55. The minimum absolute atomic E-state index is 0.0596.